The van der Waals surface area contributed by atoms with Crippen molar-refractivity contribution in [3.63, 3.8) is 0 Å². The van der Waals surface area contributed by atoms with Crippen LogP contribution in [0, 0.1) is 0 Å². The smallest absolute Gasteiger partial charge is 0.339 e. The number of imidazole rings is 1. The van der Waals surface area contributed by atoms with Crippen molar-refractivity contribution in [3.05, 3.63) is 40.9 Å². The van der Waals surface area contributed by atoms with E-state index in [2.05, 4.69) is 35.9 Å². The van der Waals surface area contributed by atoms with Crippen molar-refractivity contribution in [2.75, 3.05) is 0 Å². The van der Waals surface area contributed by atoms with Gasteiger partial charge in [-0.2, -0.15) is 4.98 Å². The van der Waals surface area contributed by atoms with Crippen LogP contribution in [0.2, 0.25) is 0 Å². The molecule has 0 fully saturated rings. The number of aromatic nitrogens is 4. The molecule has 2 heterocycles. The van der Waals surface area contributed by atoms with E-state index in [4.69, 9.17) is 4.74 Å². The number of hydrogen-bond acceptors (Lipinski definition) is 5. The highest BCUT2D eigenvalue weighted by atomic mass is 79.9. The number of nitrogens with zero attached hydrogens (tertiary/aromatic N) is 3. The highest BCUT2D eigenvalue weighted by molar-refractivity contribution is 9.10. The molecule has 0 aliphatic rings. The molecule has 3 aromatic rings. The quantitative estimate of drug-likeness (QED) is 0.763. The second-order valence-corrected chi connectivity index (χ2v) is 4.74. The van der Waals surface area contributed by atoms with E-state index in [-0.39, 0.29) is 17.2 Å². The van der Waals surface area contributed by atoms with Crippen LogP contribution in [0.25, 0.3) is 11.2 Å². The maximum absolute atomic E-state index is 11.2. The fourth-order valence-corrected chi connectivity index (χ4v) is 2.04. The summed E-state index contributed by atoms with van der Waals surface area (Å²) >= 11 is 3.22. The van der Waals surface area contributed by atoms with Crippen molar-refractivity contribution in [3.8, 4) is 11.6 Å². The van der Waals surface area contributed by atoms with Gasteiger partial charge in [0, 0.05) is 4.47 Å². The summed E-state index contributed by atoms with van der Waals surface area (Å²) in [7, 11) is 0. The minimum absolute atomic E-state index is 0.0330. The van der Waals surface area contributed by atoms with Crippen LogP contribution >= 0.6 is 15.9 Å². The van der Waals surface area contributed by atoms with E-state index in [0.717, 1.165) is 0 Å². The van der Waals surface area contributed by atoms with Crippen LogP contribution in [-0.4, -0.2) is 31.0 Å². The monoisotopic (exact) mass is 334 g/mol. The van der Waals surface area contributed by atoms with Crippen molar-refractivity contribution >= 4 is 33.1 Å². The lowest BCUT2D eigenvalue weighted by molar-refractivity contribution is 0.0694. The molecule has 100 valence electrons. The molecule has 0 amide bonds. The first kappa shape index (κ1) is 12.5. The number of aromatic carboxylic acids is 1. The summed E-state index contributed by atoms with van der Waals surface area (Å²) < 4.78 is 6.22. The summed E-state index contributed by atoms with van der Waals surface area (Å²) in [5.74, 6) is -0.677. The van der Waals surface area contributed by atoms with Gasteiger partial charge < -0.3 is 14.8 Å². The molecule has 0 aliphatic heterocycles. The summed E-state index contributed by atoms with van der Waals surface area (Å²) in [4.78, 5) is 26.0. The molecule has 0 spiro atoms. The molecule has 20 heavy (non-hydrogen) atoms. The number of halogens is 1. The van der Waals surface area contributed by atoms with E-state index < -0.39 is 5.97 Å². The first-order valence-electron chi connectivity index (χ1n) is 5.50. The van der Waals surface area contributed by atoms with E-state index in [1.165, 1.54) is 18.7 Å². The normalized spacial score (nSPS) is 10.7. The number of ether oxygens (including phenoxy) is 1. The van der Waals surface area contributed by atoms with Gasteiger partial charge in [0.05, 0.1) is 6.33 Å². The Morgan fingerprint density at radius 1 is 1.30 bits per heavy atom. The average molecular weight is 335 g/mol. The fraction of sp³-hybridized carbons (Fsp3) is 0. The summed E-state index contributed by atoms with van der Waals surface area (Å²) in [5, 5.41) is 9.19. The Morgan fingerprint density at radius 2 is 2.15 bits per heavy atom. The molecule has 3 rings (SSSR count). The van der Waals surface area contributed by atoms with Gasteiger partial charge in [0.2, 0.25) is 5.88 Å². The van der Waals surface area contributed by atoms with Crippen LogP contribution in [-0.2, 0) is 0 Å². The third-order valence-corrected chi connectivity index (χ3v) is 3.06. The van der Waals surface area contributed by atoms with Crippen molar-refractivity contribution in [2.45, 2.75) is 0 Å². The molecule has 0 unspecified atom stereocenters. The Bertz CT molecular complexity index is 802. The Labute approximate surface area is 120 Å². The van der Waals surface area contributed by atoms with Gasteiger partial charge in [-0.05, 0) is 18.2 Å². The van der Waals surface area contributed by atoms with Crippen molar-refractivity contribution in [1.82, 2.24) is 19.9 Å². The van der Waals surface area contributed by atoms with E-state index in [1.54, 1.807) is 12.1 Å². The third kappa shape index (κ3) is 2.21. The number of nitrogens with one attached hydrogen (secondary N) is 1. The van der Waals surface area contributed by atoms with Gasteiger partial charge in [-0.3, -0.25) is 0 Å². The maximum Gasteiger partial charge on any atom is 0.339 e. The van der Waals surface area contributed by atoms with Crippen LogP contribution < -0.4 is 4.74 Å². The van der Waals surface area contributed by atoms with E-state index >= 15 is 0 Å². The third-order valence-electron chi connectivity index (χ3n) is 2.57. The first-order chi connectivity index (χ1) is 9.65. The average Bonchev–Trinajstić information content (AvgIpc) is 2.90. The molecule has 0 atom stereocenters. The minimum atomic E-state index is -1.09. The predicted octanol–water partition coefficient (Wildman–Crippen LogP) is 2.61. The molecule has 2 aromatic heterocycles. The van der Waals surface area contributed by atoms with Gasteiger partial charge in [0.15, 0.2) is 5.65 Å². The topological polar surface area (TPSA) is 101 Å². The number of carboxylic acid groups (broad SMARTS) is 1. The second-order valence-electron chi connectivity index (χ2n) is 3.83. The van der Waals surface area contributed by atoms with Gasteiger partial charge in [-0.15, -0.1) is 0 Å². The zero-order valence-corrected chi connectivity index (χ0v) is 11.5. The van der Waals surface area contributed by atoms with Gasteiger partial charge in [0.1, 0.15) is 23.2 Å². The lowest BCUT2D eigenvalue weighted by Gasteiger charge is -2.08. The van der Waals surface area contributed by atoms with E-state index in [0.29, 0.717) is 15.6 Å². The maximum atomic E-state index is 11.2. The van der Waals surface area contributed by atoms with Gasteiger partial charge in [-0.25, -0.2) is 14.8 Å². The molecule has 0 bridgehead atoms. The summed E-state index contributed by atoms with van der Waals surface area (Å²) in [6.07, 6.45) is 2.77. The van der Waals surface area contributed by atoms with Crippen LogP contribution in [0.1, 0.15) is 10.4 Å². The van der Waals surface area contributed by atoms with E-state index in [9.17, 15) is 9.90 Å². The molecular weight excluding hydrogens is 328 g/mol. The number of hydrogen-bond donors (Lipinski definition) is 2. The van der Waals surface area contributed by atoms with Crippen LogP contribution in [0.4, 0.5) is 0 Å². The Balaban J connectivity index is 2.07. The first-order valence-corrected chi connectivity index (χ1v) is 6.29. The highest BCUT2D eigenvalue weighted by Gasteiger charge is 2.15. The van der Waals surface area contributed by atoms with Gasteiger partial charge in [0.25, 0.3) is 0 Å². The SMILES string of the molecule is O=C(O)c1cc(Br)ccc1Oc1ncnc2nc[nH]c12. The molecule has 7 nitrogen and oxygen atoms in total. The highest BCUT2D eigenvalue weighted by Crippen LogP contribution is 2.29. The molecule has 0 radical (unpaired) electrons. The van der Waals surface area contributed by atoms with Crippen molar-refractivity contribution < 1.29 is 14.6 Å². The number of carboxylic acids is 1. The lowest BCUT2D eigenvalue weighted by Crippen LogP contribution is -2.01. The lowest BCUT2D eigenvalue weighted by atomic mass is 10.2. The number of carbonyl (C=O) groups is 1. The zero-order chi connectivity index (χ0) is 14.1. The van der Waals surface area contributed by atoms with Crippen molar-refractivity contribution in [2.24, 2.45) is 0 Å². The Hall–Kier alpha value is -2.48. The Kier molecular flexibility index (Phi) is 3.07. The van der Waals surface area contributed by atoms with E-state index in [1.807, 2.05) is 0 Å². The van der Waals surface area contributed by atoms with Gasteiger partial charge >= 0.3 is 5.97 Å². The zero-order valence-electron chi connectivity index (χ0n) is 9.87. The minimum Gasteiger partial charge on any atom is -0.478 e. The number of aromatic amines is 1. The van der Waals surface area contributed by atoms with Crippen LogP contribution in [0.3, 0.4) is 0 Å². The molecule has 2 N–H and O–H groups in total. The summed E-state index contributed by atoms with van der Waals surface area (Å²) in [6, 6.07) is 4.70. The predicted molar refractivity (Wildman–Crippen MR) is 72.9 cm³/mol. The second kappa shape index (κ2) is 4.89. The molecular formula is C12H7BrN4O3. The number of benzene rings is 1. The molecule has 0 saturated carbocycles. The molecule has 0 saturated heterocycles. The molecule has 8 heteroatoms. The number of H-pyrrole nitrogens is 1. The van der Waals surface area contributed by atoms with Gasteiger partial charge in [-0.1, -0.05) is 15.9 Å². The molecule has 1 aromatic carbocycles. The van der Waals surface area contributed by atoms with Crippen molar-refractivity contribution in [1.29, 1.82) is 0 Å². The standard InChI is InChI=1S/C12H7BrN4O3/c13-6-1-2-8(7(3-6)12(18)19)20-11-9-10(15-4-14-9)16-5-17-11/h1-5H,(H,18,19)(H,14,15,16,17). The van der Waals surface area contributed by atoms with Crippen LogP contribution in [0.15, 0.2) is 35.3 Å². The largest absolute Gasteiger partial charge is 0.478 e. The Morgan fingerprint density at radius 3 is 2.95 bits per heavy atom. The molecule has 0 aliphatic carbocycles. The summed E-state index contributed by atoms with van der Waals surface area (Å²) in [5.41, 5.74) is 0.987. The van der Waals surface area contributed by atoms with Crippen LogP contribution in [0.5, 0.6) is 11.6 Å². The number of rotatable bonds is 3. The summed E-state index contributed by atoms with van der Waals surface area (Å²) in [6.45, 7) is 0. The fourth-order valence-electron chi connectivity index (χ4n) is 1.68. The number of fused-ring (bicyclic) bond motifs is 1.